The Labute approximate surface area is 202 Å². The first kappa shape index (κ1) is 22.7. The van der Waals surface area contributed by atoms with Gasteiger partial charge in [-0.05, 0) is 72.1 Å². The predicted molar refractivity (Wildman–Crippen MR) is 132 cm³/mol. The van der Waals surface area contributed by atoms with Gasteiger partial charge in [0.1, 0.15) is 11.6 Å². The van der Waals surface area contributed by atoms with Gasteiger partial charge in [-0.1, -0.05) is 23.7 Å². The van der Waals surface area contributed by atoms with Crippen molar-refractivity contribution in [2.45, 2.75) is 25.0 Å². The lowest BCUT2D eigenvalue weighted by Gasteiger charge is -2.38. The number of aliphatic hydroxyl groups excluding tert-OH is 2. The maximum Gasteiger partial charge on any atom is 0.123 e. The molecule has 176 valence electrons. The molecule has 2 atom stereocenters. The van der Waals surface area contributed by atoms with Gasteiger partial charge in [0.25, 0.3) is 0 Å². The fourth-order valence-corrected chi connectivity index (χ4v) is 4.84. The highest BCUT2D eigenvalue weighted by Crippen LogP contribution is 2.41. The molecule has 34 heavy (non-hydrogen) atoms. The normalized spacial score (nSPS) is 16.5. The number of fused-ring (bicyclic) bond motifs is 3. The molecule has 7 heteroatoms. The Morgan fingerprint density at radius 2 is 1.85 bits per heavy atom. The topological polar surface area (TPSA) is 68.7 Å². The summed E-state index contributed by atoms with van der Waals surface area (Å²) in [6.07, 6.45) is 0.428. The number of halogens is 2. The van der Waals surface area contributed by atoms with E-state index >= 15 is 0 Å². The zero-order valence-electron chi connectivity index (χ0n) is 18.5. The Morgan fingerprint density at radius 3 is 2.59 bits per heavy atom. The molecule has 1 aliphatic heterocycles. The number of nitrogens with one attached hydrogen (secondary N) is 1. The lowest BCUT2D eigenvalue weighted by molar-refractivity contribution is 0.0754. The number of ether oxygens (including phenoxy) is 1. The maximum atomic E-state index is 13.6. The van der Waals surface area contributed by atoms with Crippen molar-refractivity contribution in [1.82, 2.24) is 4.98 Å². The van der Waals surface area contributed by atoms with Crippen molar-refractivity contribution in [3.8, 4) is 5.75 Å². The molecule has 1 aromatic heterocycles. The summed E-state index contributed by atoms with van der Waals surface area (Å²) in [5, 5.41) is 20.3. The van der Waals surface area contributed by atoms with Crippen molar-refractivity contribution < 1.29 is 19.3 Å². The molecule has 2 unspecified atom stereocenters. The zero-order chi connectivity index (χ0) is 23.7. The highest BCUT2D eigenvalue weighted by atomic mass is 35.5. The first-order chi connectivity index (χ1) is 16.5. The van der Waals surface area contributed by atoms with Crippen LogP contribution in [0, 0.1) is 5.82 Å². The van der Waals surface area contributed by atoms with Crippen LogP contribution in [-0.4, -0.2) is 41.1 Å². The average Bonchev–Trinajstić information content (AvgIpc) is 3.22. The molecule has 0 aliphatic carbocycles. The monoisotopic (exact) mass is 480 g/mol. The molecule has 3 N–H and O–H groups in total. The third-order valence-corrected chi connectivity index (χ3v) is 6.61. The summed E-state index contributed by atoms with van der Waals surface area (Å²) in [4.78, 5) is 5.90. The van der Waals surface area contributed by atoms with Crippen LogP contribution >= 0.6 is 11.6 Å². The molecule has 1 aliphatic rings. The molecular weight excluding hydrogens is 455 g/mol. The number of aliphatic hydroxyl groups is 2. The van der Waals surface area contributed by atoms with E-state index in [1.807, 2.05) is 54.6 Å². The van der Waals surface area contributed by atoms with Gasteiger partial charge >= 0.3 is 0 Å². The van der Waals surface area contributed by atoms with E-state index in [-0.39, 0.29) is 18.5 Å². The summed E-state index contributed by atoms with van der Waals surface area (Å²) in [6, 6.07) is 20.3. The summed E-state index contributed by atoms with van der Waals surface area (Å²) in [5.41, 5.74) is 5.42. The van der Waals surface area contributed by atoms with Crippen LogP contribution in [0.25, 0.3) is 10.9 Å². The van der Waals surface area contributed by atoms with Crippen molar-refractivity contribution in [1.29, 1.82) is 0 Å². The number of aromatic amines is 1. The van der Waals surface area contributed by atoms with Gasteiger partial charge in [-0.3, -0.25) is 0 Å². The van der Waals surface area contributed by atoms with Gasteiger partial charge in [0, 0.05) is 40.3 Å². The standard InChI is InChI=1S/C27H26ClFN2O3/c28-18-3-10-25-24(15-18)23-11-13-31(20-6-4-19(29)5-7-20)27(26(23)30-25)17-1-8-22(9-2-17)34-14-12-21(33)16-32/h1-10,15,21,27,30,32-33H,11-14,16H2. The van der Waals surface area contributed by atoms with E-state index in [1.165, 1.54) is 17.7 Å². The number of hydrogen-bond donors (Lipinski definition) is 3. The molecule has 3 aromatic carbocycles. The second-order valence-corrected chi connectivity index (χ2v) is 9.01. The number of benzene rings is 3. The van der Waals surface area contributed by atoms with Gasteiger partial charge in [-0.2, -0.15) is 0 Å². The molecule has 0 saturated carbocycles. The minimum absolute atomic E-state index is 0.0920. The van der Waals surface area contributed by atoms with E-state index in [4.69, 9.17) is 21.4 Å². The van der Waals surface area contributed by atoms with Crippen LogP contribution in [0.4, 0.5) is 10.1 Å². The summed E-state index contributed by atoms with van der Waals surface area (Å²) in [7, 11) is 0. The van der Waals surface area contributed by atoms with Gasteiger partial charge in [0.2, 0.25) is 0 Å². The molecule has 2 heterocycles. The van der Waals surface area contributed by atoms with Crippen LogP contribution in [0.2, 0.25) is 5.02 Å². The average molecular weight is 481 g/mol. The molecule has 0 fully saturated rings. The fraction of sp³-hybridized carbons (Fsp3) is 0.259. The Hall–Kier alpha value is -3.06. The third kappa shape index (κ3) is 4.49. The maximum absolute atomic E-state index is 13.6. The zero-order valence-corrected chi connectivity index (χ0v) is 19.3. The van der Waals surface area contributed by atoms with Gasteiger partial charge in [0.15, 0.2) is 0 Å². The second kappa shape index (κ2) is 9.66. The highest BCUT2D eigenvalue weighted by molar-refractivity contribution is 6.31. The van der Waals surface area contributed by atoms with Crippen molar-refractivity contribution in [2.24, 2.45) is 0 Å². The minimum Gasteiger partial charge on any atom is -0.493 e. The van der Waals surface area contributed by atoms with Crippen LogP contribution in [0.5, 0.6) is 5.75 Å². The van der Waals surface area contributed by atoms with E-state index in [1.54, 1.807) is 0 Å². The third-order valence-electron chi connectivity index (χ3n) is 6.37. The summed E-state index contributed by atoms with van der Waals surface area (Å²) >= 11 is 6.30. The highest BCUT2D eigenvalue weighted by Gasteiger charge is 2.32. The van der Waals surface area contributed by atoms with E-state index in [2.05, 4.69) is 9.88 Å². The van der Waals surface area contributed by atoms with Gasteiger partial charge < -0.3 is 24.8 Å². The van der Waals surface area contributed by atoms with Crippen molar-refractivity contribution in [3.05, 3.63) is 94.4 Å². The van der Waals surface area contributed by atoms with Crippen LogP contribution in [0.3, 0.4) is 0 Å². The first-order valence-electron chi connectivity index (χ1n) is 11.4. The van der Waals surface area contributed by atoms with Gasteiger partial charge in [-0.15, -0.1) is 0 Å². The van der Waals surface area contributed by atoms with Crippen molar-refractivity contribution >= 4 is 28.2 Å². The molecule has 0 amide bonds. The second-order valence-electron chi connectivity index (χ2n) is 8.57. The molecule has 0 saturated heterocycles. The predicted octanol–water partition coefficient (Wildman–Crippen LogP) is 5.23. The smallest absolute Gasteiger partial charge is 0.123 e. The number of H-pyrrole nitrogens is 1. The van der Waals surface area contributed by atoms with Gasteiger partial charge in [0.05, 0.1) is 25.4 Å². The largest absolute Gasteiger partial charge is 0.493 e. The summed E-state index contributed by atoms with van der Waals surface area (Å²) < 4.78 is 19.4. The number of hydrogen-bond acceptors (Lipinski definition) is 4. The lowest BCUT2D eigenvalue weighted by atomic mass is 9.91. The molecular formula is C27H26ClFN2O3. The number of aromatic nitrogens is 1. The minimum atomic E-state index is -0.778. The van der Waals surface area contributed by atoms with Gasteiger partial charge in [-0.25, -0.2) is 4.39 Å². The molecule has 5 nitrogen and oxygen atoms in total. The lowest BCUT2D eigenvalue weighted by Crippen LogP contribution is -2.36. The number of nitrogens with zero attached hydrogens (tertiary/aromatic N) is 1. The Balaban J connectivity index is 1.51. The van der Waals surface area contributed by atoms with E-state index < -0.39 is 6.10 Å². The van der Waals surface area contributed by atoms with E-state index in [9.17, 15) is 9.50 Å². The van der Waals surface area contributed by atoms with Crippen LogP contribution < -0.4 is 9.64 Å². The van der Waals surface area contributed by atoms with Crippen LogP contribution in [-0.2, 0) is 6.42 Å². The molecule has 5 rings (SSSR count). The number of rotatable bonds is 7. The molecule has 0 radical (unpaired) electrons. The van der Waals surface area contributed by atoms with E-state index in [0.29, 0.717) is 23.8 Å². The quantitative estimate of drug-likeness (QED) is 0.338. The summed E-state index contributed by atoms with van der Waals surface area (Å²) in [6.45, 7) is 0.820. The van der Waals surface area contributed by atoms with Crippen molar-refractivity contribution in [3.63, 3.8) is 0 Å². The van der Waals surface area contributed by atoms with Crippen LogP contribution in [0.15, 0.2) is 66.7 Å². The molecule has 0 spiro atoms. The van der Waals surface area contributed by atoms with Crippen LogP contribution in [0.1, 0.15) is 29.3 Å². The SMILES string of the molecule is OCC(O)CCOc1ccc(C2c3[nH]c4ccc(Cl)cc4c3CCN2c2ccc(F)cc2)cc1. The van der Waals surface area contributed by atoms with Crippen molar-refractivity contribution in [2.75, 3.05) is 24.7 Å². The number of anilines is 1. The Kier molecular flexibility index (Phi) is 6.46. The van der Waals surface area contributed by atoms with E-state index in [0.717, 1.165) is 40.8 Å². The first-order valence-corrected chi connectivity index (χ1v) is 11.7. The molecule has 4 aromatic rings. The Bertz CT molecular complexity index is 1270. The molecule has 0 bridgehead atoms. The fourth-order valence-electron chi connectivity index (χ4n) is 4.67. The summed E-state index contributed by atoms with van der Waals surface area (Å²) in [5.74, 6) is 0.438. The Morgan fingerprint density at radius 1 is 1.09 bits per heavy atom.